The van der Waals surface area contributed by atoms with Crippen molar-refractivity contribution < 1.29 is 19.8 Å². The average Bonchev–Trinajstić information content (AvgIpc) is 2.94. The Morgan fingerprint density at radius 3 is 2.46 bits per heavy atom. The van der Waals surface area contributed by atoms with Crippen LogP contribution in [0.3, 0.4) is 0 Å². The van der Waals surface area contributed by atoms with Gasteiger partial charge in [-0.25, -0.2) is 9.59 Å². The lowest BCUT2D eigenvalue weighted by Gasteiger charge is -2.11. The molecule has 142 valence electrons. The van der Waals surface area contributed by atoms with Gasteiger partial charge in [-0.05, 0) is 56.3 Å². The molecule has 0 bridgehead atoms. The van der Waals surface area contributed by atoms with Crippen molar-refractivity contribution in [1.82, 2.24) is 4.57 Å². The van der Waals surface area contributed by atoms with Gasteiger partial charge in [0.05, 0.1) is 21.8 Å². The van der Waals surface area contributed by atoms with Crippen molar-refractivity contribution in [2.75, 3.05) is 0 Å². The molecule has 0 amide bonds. The number of carbonyl (C=O) groups is 2. The van der Waals surface area contributed by atoms with Crippen molar-refractivity contribution in [3.8, 4) is 5.69 Å². The van der Waals surface area contributed by atoms with E-state index in [1.807, 2.05) is 24.5 Å². The summed E-state index contributed by atoms with van der Waals surface area (Å²) in [5.74, 6) is -2.10. The summed E-state index contributed by atoms with van der Waals surface area (Å²) in [6, 6.07) is 13.1. The average molecular weight is 397 g/mol. The van der Waals surface area contributed by atoms with Gasteiger partial charge in [0, 0.05) is 28.9 Å². The summed E-state index contributed by atoms with van der Waals surface area (Å²) in [7, 11) is 0. The number of aromatic nitrogens is 1. The van der Waals surface area contributed by atoms with E-state index in [0.29, 0.717) is 11.4 Å². The second-order valence-electron chi connectivity index (χ2n) is 6.24. The summed E-state index contributed by atoms with van der Waals surface area (Å²) in [4.78, 5) is 26.8. The van der Waals surface area contributed by atoms with Gasteiger partial charge in [-0.3, -0.25) is 4.99 Å². The molecule has 0 saturated carbocycles. The highest BCUT2D eigenvalue weighted by atomic mass is 35.5. The summed E-state index contributed by atoms with van der Waals surface area (Å²) >= 11 is 5.96. The Bertz CT molecular complexity index is 1120. The molecule has 28 heavy (non-hydrogen) atoms. The maximum Gasteiger partial charge on any atom is 0.337 e. The van der Waals surface area contributed by atoms with Crippen molar-refractivity contribution in [1.29, 1.82) is 0 Å². The van der Waals surface area contributed by atoms with E-state index in [9.17, 15) is 14.7 Å². The molecule has 0 saturated heterocycles. The van der Waals surface area contributed by atoms with Crippen LogP contribution in [0.5, 0.6) is 0 Å². The zero-order chi connectivity index (χ0) is 20.4. The number of aryl methyl sites for hydroxylation is 1. The van der Waals surface area contributed by atoms with Gasteiger partial charge in [0.1, 0.15) is 0 Å². The molecule has 0 aliphatic carbocycles. The van der Waals surface area contributed by atoms with Crippen LogP contribution in [0.2, 0.25) is 5.02 Å². The largest absolute Gasteiger partial charge is 0.478 e. The quantitative estimate of drug-likeness (QED) is 0.600. The van der Waals surface area contributed by atoms with Gasteiger partial charge in [-0.1, -0.05) is 17.7 Å². The normalized spacial score (nSPS) is 11.1. The minimum Gasteiger partial charge on any atom is -0.478 e. The third kappa shape index (κ3) is 3.82. The number of hydrogen-bond donors (Lipinski definition) is 2. The fourth-order valence-corrected chi connectivity index (χ4v) is 3.19. The standard InChI is InChI=1S/C21H17ClN2O4/c1-12-8-15(11-23-16-5-3-4-14(9-16)20(25)26)13(2)24(12)17-6-7-19(22)18(10-17)21(27)28/h3-11H,1-2H3,(H,25,26)(H,27,28). The van der Waals surface area contributed by atoms with Crippen molar-refractivity contribution in [3.05, 3.63) is 81.6 Å². The monoisotopic (exact) mass is 396 g/mol. The van der Waals surface area contributed by atoms with Crippen LogP contribution in [-0.2, 0) is 0 Å². The highest BCUT2D eigenvalue weighted by Gasteiger charge is 2.14. The summed E-state index contributed by atoms with van der Waals surface area (Å²) in [5, 5.41) is 18.6. The van der Waals surface area contributed by atoms with E-state index in [2.05, 4.69) is 4.99 Å². The van der Waals surface area contributed by atoms with Crippen molar-refractivity contribution in [3.63, 3.8) is 0 Å². The predicted octanol–water partition coefficient (Wildman–Crippen LogP) is 4.89. The number of halogens is 1. The molecule has 2 aromatic carbocycles. The zero-order valence-corrected chi connectivity index (χ0v) is 15.9. The predicted molar refractivity (Wildman–Crippen MR) is 108 cm³/mol. The van der Waals surface area contributed by atoms with Crippen molar-refractivity contribution >= 4 is 35.4 Å². The number of aromatic carboxylic acids is 2. The second-order valence-corrected chi connectivity index (χ2v) is 6.65. The highest BCUT2D eigenvalue weighted by Crippen LogP contribution is 2.25. The van der Waals surface area contributed by atoms with Crippen LogP contribution in [0.25, 0.3) is 5.69 Å². The lowest BCUT2D eigenvalue weighted by molar-refractivity contribution is 0.0686. The minimum absolute atomic E-state index is 0.0346. The van der Waals surface area contributed by atoms with E-state index >= 15 is 0 Å². The fourth-order valence-electron chi connectivity index (χ4n) is 3.00. The third-order valence-corrected chi connectivity index (χ3v) is 4.68. The Labute approximate surface area is 166 Å². The van der Waals surface area contributed by atoms with Crippen LogP contribution >= 0.6 is 11.6 Å². The molecule has 0 radical (unpaired) electrons. The number of benzene rings is 2. The lowest BCUT2D eigenvalue weighted by Crippen LogP contribution is -2.03. The number of rotatable bonds is 5. The SMILES string of the molecule is Cc1cc(C=Nc2cccc(C(=O)O)c2)c(C)n1-c1ccc(Cl)c(C(=O)O)c1. The van der Waals surface area contributed by atoms with Crippen molar-refractivity contribution in [2.24, 2.45) is 4.99 Å². The number of nitrogens with zero attached hydrogens (tertiary/aromatic N) is 2. The number of aliphatic imine (C=N–C) groups is 1. The van der Waals surface area contributed by atoms with Gasteiger partial charge in [-0.2, -0.15) is 0 Å². The maximum absolute atomic E-state index is 11.4. The van der Waals surface area contributed by atoms with E-state index in [-0.39, 0.29) is 16.1 Å². The van der Waals surface area contributed by atoms with Crippen LogP contribution in [0.4, 0.5) is 5.69 Å². The molecule has 0 aliphatic rings. The van der Waals surface area contributed by atoms with Crippen LogP contribution < -0.4 is 0 Å². The smallest absolute Gasteiger partial charge is 0.337 e. The molecule has 0 aliphatic heterocycles. The van der Waals surface area contributed by atoms with Gasteiger partial charge in [0.2, 0.25) is 0 Å². The molecule has 1 heterocycles. The van der Waals surface area contributed by atoms with Gasteiger partial charge in [-0.15, -0.1) is 0 Å². The summed E-state index contributed by atoms with van der Waals surface area (Å²) in [5.41, 5.74) is 4.03. The molecule has 3 aromatic rings. The fraction of sp³-hybridized carbons (Fsp3) is 0.0952. The summed E-state index contributed by atoms with van der Waals surface area (Å²) in [6.07, 6.45) is 1.66. The molecular formula is C21H17ClN2O4. The maximum atomic E-state index is 11.4. The topological polar surface area (TPSA) is 91.9 Å². The molecule has 3 rings (SSSR count). The van der Waals surface area contributed by atoms with Gasteiger partial charge in [0.15, 0.2) is 0 Å². The van der Waals surface area contributed by atoms with E-state index in [1.165, 1.54) is 18.2 Å². The number of carboxylic acid groups (broad SMARTS) is 2. The Morgan fingerprint density at radius 1 is 1.04 bits per heavy atom. The summed E-state index contributed by atoms with van der Waals surface area (Å²) < 4.78 is 1.91. The van der Waals surface area contributed by atoms with E-state index in [0.717, 1.165) is 17.0 Å². The molecule has 7 heteroatoms. The molecular weight excluding hydrogens is 380 g/mol. The lowest BCUT2D eigenvalue weighted by atomic mass is 10.2. The Hall–Kier alpha value is -3.38. The van der Waals surface area contributed by atoms with Crippen LogP contribution in [-0.4, -0.2) is 32.9 Å². The first kappa shape index (κ1) is 19.4. The third-order valence-electron chi connectivity index (χ3n) is 4.35. The molecule has 6 nitrogen and oxygen atoms in total. The first-order chi connectivity index (χ1) is 13.3. The summed E-state index contributed by atoms with van der Waals surface area (Å²) in [6.45, 7) is 3.81. The highest BCUT2D eigenvalue weighted by molar-refractivity contribution is 6.33. The van der Waals surface area contributed by atoms with Crippen molar-refractivity contribution in [2.45, 2.75) is 13.8 Å². The number of carboxylic acids is 2. The zero-order valence-electron chi connectivity index (χ0n) is 15.2. The Kier molecular flexibility index (Phi) is 5.33. The van der Waals surface area contributed by atoms with Gasteiger partial charge in [0.25, 0.3) is 0 Å². The molecule has 0 unspecified atom stereocenters. The van der Waals surface area contributed by atoms with Crippen LogP contribution in [0.15, 0.2) is 53.5 Å². The van der Waals surface area contributed by atoms with Gasteiger partial charge >= 0.3 is 11.9 Å². The second kappa shape index (κ2) is 7.70. The first-order valence-corrected chi connectivity index (χ1v) is 8.75. The Balaban J connectivity index is 1.99. The van der Waals surface area contributed by atoms with E-state index in [4.69, 9.17) is 16.7 Å². The Morgan fingerprint density at radius 2 is 1.79 bits per heavy atom. The van der Waals surface area contributed by atoms with Crippen LogP contribution in [0, 0.1) is 13.8 Å². The number of hydrogen-bond acceptors (Lipinski definition) is 3. The van der Waals surface area contributed by atoms with Gasteiger partial charge < -0.3 is 14.8 Å². The van der Waals surface area contributed by atoms with Crippen LogP contribution in [0.1, 0.15) is 37.7 Å². The molecule has 0 fully saturated rings. The molecule has 0 spiro atoms. The van der Waals surface area contributed by atoms with E-state index < -0.39 is 11.9 Å². The minimum atomic E-state index is -1.09. The van der Waals surface area contributed by atoms with E-state index in [1.54, 1.807) is 30.5 Å². The molecule has 2 N–H and O–H groups in total. The molecule has 1 aromatic heterocycles. The first-order valence-electron chi connectivity index (χ1n) is 8.37. The molecule has 0 atom stereocenters.